The van der Waals surface area contributed by atoms with Crippen molar-refractivity contribution in [1.29, 1.82) is 0 Å². The number of hydrogen-bond donors (Lipinski definition) is 0. The summed E-state index contributed by atoms with van der Waals surface area (Å²) in [6.45, 7) is 4.46. The van der Waals surface area contributed by atoms with Crippen LogP contribution in [-0.2, 0) is 14.3 Å². The van der Waals surface area contributed by atoms with Crippen molar-refractivity contribution in [2.24, 2.45) is 11.0 Å². The minimum atomic E-state index is -0.427. The van der Waals surface area contributed by atoms with E-state index < -0.39 is 5.92 Å². The van der Waals surface area contributed by atoms with E-state index in [-0.39, 0.29) is 18.3 Å². The summed E-state index contributed by atoms with van der Waals surface area (Å²) < 4.78 is 4.56. The molecule has 1 rings (SSSR count). The number of unbranched alkanes of at least 4 members (excludes halogenated alkanes) is 1. The van der Waals surface area contributed by atoms with Crippen molar-refractivity contribution >= 4 is 17.6 Å². The number of amides is 1. The van der Waals surface area contributed by atoms with E-state index in [1.165, 1.54) is 12.1 Å². The molecule has 1 unspecified atom stereocenters. The Morgan fingerprint density at radius 3 is 2.81 bits per heavy atom. The van der Waals surface area contributed by atoms with Gasteiger partial charge in [-0.25, -0.2) is 5.01 Å². The minimum Gasteiger partial charge on any atom is -0.469 e. The van der Waals surface area contributed by atoms with Crippen molar-refractivity contribution in [2.75, 3.05) is 13.7 Å². The van der Waals surface area contributed by atoms with Crippen LogP contribution in [0, 0.1) is 5.92 Å². The van der Waals surface area contributed by atoms with E-state index in [2.05, 4.69) is 16.8 Å². The summed E-state index contributed by atoms with van der Waals surface area (Å²) in [5.41, 5.74) is 0.700. The molecule has 0 saturated carbocycles. The second-order valence-corrected chi connectivity index (χ2v) is 3.89. The fraction of sp³-hybridized carbons (Fsp3) is 0.727. The number of esters is 1. The highest BCUT2D eigenvalue weighted by molar-refractivity contribution is 6.08. The summed E-state index contributed by atoms with van der Waals surface area (Å²) in [6.07, 6.45) is 2.03. The van der Waals surface area contributed by atoms with Crippen molar-refractivity contribution in [3.05, 3.63) is 0 Å². The Kier molecular flexibility index (Phi) is 4.46. The second kappa shape index (κ2) is 5.63. The molecule has 5 heteroatoms. The van der Waals surface area contributed by atoms with Crippen LogP contribution in [0.2, 0.25) is 0 Å². The quantitative estimate of drug-likeness (QED) is 0.661. The first-order chi connectivity index (χ1) is 7.60. The average molecular weight is 226 g/mol. The van der Waals surface area contributed by atoms with Crippen LogP contribution < -0.4 is 0 Å². The SMILES string of the molecule is CCCCN1N=C(C)C(CC(=O)OC)C1=O. The number of carbonyl (C=O) groups excluding carboxylic acids is 2. The molecular weight excluding hydrogens is 208 g/mol. The zero-order valence-electron chi connectivity index (χ0n) is 10.0. The standard InChI is InChI=1S/C11H18N2O3/c1-4-5-6-13-11(15)9(8(2)12-13)7-10(14)16-3/h9H,4-7H2,1-3H3. The van der Waals surface area contributed by atoms with Crippen LogP contribution >= 0.6 is 0 Å². The Morgan fingerprint density at radius 2 is 2.25 bits per heavy atom. The lowest BCUT2D eigenvalue weighted by Gasteiger charge is -2.12. The lowest BCUT2D eigenvalue weighted by molar-refractivity contribution is -0.144. The fourth-order valence-electron chi connectivity index (χ4n) is 1.62. The number of nitrogens with zero attached hydrogens (tertiary/aromatic N) is 2. The molecule has 5 nitrogen and oxygen atoms in total. The van der Waals surface area contributed by atoms with E-state index in [9.17, 15) is 9.59 Å². The van der Waals surface area contributed by atoms with Gasteiger partial charge in [0.15, 0.2) is 0 Å². The molecule has 1 heterocycles. The Morgan fingerprint density at radius 1 is 1.56 bits per heavy atom. The molecule has 16 heavy (non-hydrogen) atoms. The molecule has 0 aliphatic carbocycles. The van der Waals surface area contributed by atoms with Gasteiger partial charge >= 0.3 is 5.97 Å². The first-order valence-electron chi connectivity index (χ1n) is 5.53. The third-order valence-electron chi connectivity index (χ3n) is 2.66. The maximum Gasteiger partial charge on any atom is 0.306 e. The van der Waals surface area contributed by atoms with Crippen LogP contribution in [0.5, 0.6) is 0 Å². The molecule has 0 aromatic carbocycles. The maximum absolute atomic E-state index is 11.9. The third-order valence-corrected chi connectivity index (χ3v) is 2.66. The summed E-state index contributed by atoms with van der Waals surface area (Å²) in [4.78, 5) is 23.0. The van der Waals surface area contributed by atoms with Gasteiger partial charge in [0.25, 0.3) is 5.91 Å². The molecule has 1 aliphatic heterocycles. The van der Waals surface area contributed by atoms with Crippen molar-refractivity contribution in [3.63, 3.8) is 0 Å². The van der Waals surface area contributed by atoms with E-state index in [0.717, 1.165) is 12.8 Å². The van der Waals surface area contributed by atoms with Crippen molar-refractivity contribution in [3.8, 4) is 0 Å². The first kappa shape index (κ1) is 12.7. The van der Waals surface area contributed by atoms with Crippen LogP contribution in [0.15, 0.2) is 5.10 Å². The average Bonchev–Trinajstić information content (AvgIpc) is 2.53. The van der Waals surface area contributed by atoms with Crippen molar-refractivity contribution < 1.29 is 14.3 Å². The van der Waals surface area contributed by atoms with Crippen LogP contribution in [-0.4, -0.2) is 36.3 Å². The molecule has 0 saturated heterocycles. The summed E-state index contributed by atoms with van der Waals surface area (Å²) in [5.74, 6) is -0.883. The molecule has 0 aromatic rings. The van der Waals surface area contributed by atoms with Crippen LogP contribution in [0.3, 0.4) is 0 Å². The van der Waals surface area contributed by atoms with E-state index in [1.54, 1.807) is 6.92 Å². The highest BCUT2D eigenvalue weighted by atomic mass is 16.5. The summed E-state index contributed by atoms with van der Waals surface area (Å²) >= 11 is 0. The number of ether oxygens (including phenoxy) is 1. The van der Waals surface area contributed by atoms with Gasteiger partial charge in [-0.15, -0.1) is 0 Å². The largest absolute Gasteiger partial charge is 0.469 e. The number of rotatable bonds is 5. The predicted octanol–water partition coefficient (Wildman–Crippen LogP) is 1.18. The molecule has 1 aliphatic rings. The zero-order valence-corrected chi connectivity index (χ0v) is 10.0. The highest BCUT2D eigenvalue weighted by Crippen LogP contribution is 2.19. The molecule has 0 bridgehead atoms. The van der Waals surface area contributed by atoms with Gasteiger partial charge in [-0.2, -0.15) is 5.10 Å². The summed E-state index contributed by atoms with van der Waals surface area (Å²) in [5, 5.41) is 5.63. The van der Waals surface area contributed by atoms with Crippen LogP contribution in [0.4, 0.5) is 0 Å². The molecule has 0 spiro atoms. The van der Waals surface area contributed by atoms with Gasteiger partial charge in [-0.1, -0.05) is 13.3 Å². The summed E-state index contributed by atoms with van der Waals surface area (Å²) in [6, 6.07) is 0. The number of hydrazone groups is 1. The fourth-order valence-corrected chi connectivity index (χ4v) is 1.62. The van der Waals surface area contributed by atoms with E-state index >= 15 is 0 Å². The van der Waals surface area contributed by atoms with Gasteiger partial charge in [-0.3, -0.25) is 9.59 Å². The predicted molar refractivity (Wildman–Crippen MR) is 59.9 cm³/mol. The zero-order chi connectivity index (χ0) is 12.1. The summed E-state index contributed by atoms with van der Waals surface area (Å²) in [7, 11) is 1.32. The normalized spacial score (nSPS) is 19.9. The molecule has 0 aromatic heterocycles. The van der Waals surface area contributed by atoms with Gasteiger partial charge in [-0.05, 0) is 13.3 Å². The molecule has 0 radical (unpaired) electrons. The molecule has 90 valence electrons. The van der Waals surface area contributed by atoms with Gasteiger partial charge in [0, 0.05) is 12.3 Å². The molecular formula is C11H18N2O3. The molecule has 1 atom stereocenters. The van der Waals surface area contributed by atoms with Gasteiger partial charge in [0.05, 0.1) is 19.4 Å². The molecule has 0 N–H and O–H groups in total. The van der Waals surface area contributed by atoms with Gasteiger partial charge in [0.2, 0.25) is 0 Å². The lowest BCUT2D eigenvalue weighted by atomic mass is 10.0. The van der Waals surface area contributed by atoms with E-state index in [4.69, 9.17) is 0 Å². The van der Waals surface area contributed by atoms with Crippen LogP contribution in [0.1, 0.15) is 33.1 Å². The molecule has 0 fully saturated rings. The van der Waals surface area contributed by atoms with E-state index in [0.29, 0.717) is 12.3 Å². The number of methoxy groups -OCH3 is 1. The van der Waals surface area contributed by atoms with Crippen molar-refractivity contribution in [2.45, 2.75) is 33.1 Å². The maximum atomic E-state index is 11.9. The van der Waals surface area contributed by atoms with Crippen LogP contribution in [0.25, 0.3) is 0 Å². The van der Waals surface area contributed by atoms with Gasteiger partial charge < -0.3 is 4.74 Å². The number of carbonyl (C=O) groups is 2. The molecule has 1 amide bonds. The smallest absolute Gasteiger partial charge is 0.306 e. The Hall–Kier alpha value is -1.39. The topological polar surface area (TPSA) is 59.0 Å². The Bertz CT molecular complexity index is 312. The lowest BCUT2D eigenvalue weighted by Crippen LogP contribution is -2.29. The highest BCUT2D eigenvalue weighted by Gasteiger charge is 2.34. The first-order valence-corrected chi connectivity index (χ1v) is 5.53. The Balaban J connectivity index is 2.59. The Labute approximate surface area is 95.4 Å². The third kappa shape index (κ3) is 2.81. The minimum absolute atomic E-state index is 0.0867. The van der Waals surface area contributed by atoms with Gasteiger partial charge in [0.1, 0.15) is 0 Å². The number of hydrogen-bond acceptors (Lipinski definition) is 4. The second-order valence-electron chi connectivity index (χ2n) is 3.89. The van der Waals surface area contributed by atoms with E-state index in [1.807, 2.05) is 0 Å². The van der Waals surface area contributed by atoms with Crippen molar-refractivity contribution in [1.82, 2.24) is 5.01 Å². The monoisotopic (exact) mass is 226 g/mol.